The molecule has 174 valence electrons. The van der Waals surface area contributed by atoms with E-state index in [1.165, 1.54) is 31.4 Å². The van der Waals surface area contributed by atoms with E-state index in [4.69, 9.17) is 9.84 Å². The minimum absolute atomic E-state index is 0.0825. The number of nitrogens with zero attached hydrogens (tertiary/aromatic N) is 1. The van der Waals surface area contributed by atoms with Gasteiger partial charge in [0.25, 0.3) is 0 Å². The largest absolute Gasteiger partial charge is 0.595 e. The molecule has 2 unspecified atom stereocenters. The topological polar surface area (TPSA) is 129 Å². The Kier molecular flexibility index (Phi) is 8.57. The molecular weight excluding hydrogens is 412 g/mol. The van der Waals surface area contributed by atoms with Crippen molar-refractivity contribution in [3.63, 3.8) is 0 Å². The lowest BCUT2D eigenvalue weighted by Crippen LogP contribution is -3.00. The molecule has 0 heterocycles. The number of hydrogen-bond donors (Lipinski definition) is 5. The Morgan fingerprint density at radius 1 is 1.09 bits per heavy atom. The Balaban J connectivity index is 1.98. The minimum atomic E-state index is -1.21. The van der Waals surface area contributed by atoms with Crippen LogP contribution in [0.2, 0.25) is 0 Å². The van der Waals surface area contributed by atoms with Crippen molar-refractivity contribution in [1.82, 2.24) is 0 Å². The highest BCUT2D eigenvalue weighted by Crippen LogP contribution is 2.34. The fourth-order valence-electron chi connectivity index (χ4n) is 4.48. The first-order valence-electron chi connectivity index (χ1n) is 11.0. The molecule has 0 amide bonds. The van der Waals surface area contributed by atoms with Gasteiger partial charge in [0.2, 0.25) is 0 Å². The second-order valence-corrected chi connectivity index (χ2v) is 8.12. The molecule has 0 bridgehead atoms. The van der Waals surface area contributed by atoms with Crippen molar-refractivity contribution in [3.8, 4) is 5.75 Å². The average Bonchev–Trinajstić information content (AvgIpc) is 2.82. The summed E-state index contributed by atoms with van der Waals surface area (Å²) < 4.78 is 5.29. The lowest BCUT2D eigenvalue weighted by Gasteiger charge is -2.31. The molecule has 1 fully saturated rings. The summed E-state index contributed by atoms with van der Waals surface area (Å²) in [6.45, 7) is 2.16. The third kappa shape index (κ3) is 5.83. The summed E-state index contributed by atoms with van der Waals surface area (Å²) in [6.07, 6.45) is 6.91. The number of hydrazone groups is 1. The third-order valence-corrected chi connectivity index (χ3v) is 6.19. The Labute approximate surface area is 188 Å². The SMILES string of the molecule is CC[C@@H](C(=NNc1ccc([NH+]([O-])O)cc1[NH+]([O-])O)c1ccc(OC)cc1)C1CCCCC1. The molecule has 0 aliphatic heterocycles. The van der Waals surface area contributed by atoms with E-state index in [0.29, 0.717) is 5.92 Å². The smallest absolute Gasteiger partial charge is 0.195 e. The minimum Gasteiger partial charge on any atom is -0.595 e. The monoisotopic (exact) mass is 444 g/mol. The van der Waals surface area contributed by atoms with Crippen LogP contribution in [0.25, 0.3) is 0 Å². The number of anilines is 1. The van der Waals surface area contributed by atoms with Gasteiger partial charge in [0, 0.05) is 12.0 Å². The fourth-order valence-corrected chi connectivity index (χ4v) is 4.48. The van der Waals surface area contributed by atoms with Gasteiger partial charge in [-0.05, 0) is 61.1 Å². The molecule has 0 spiro atoms. The van der Waals surface area contributed by atoms with Crippen molar-refractivity contribution in [1.29, 1.82) is 0 Å². The Morgan fingerprint density at radius 3 is 2.34 bits per heavy atom. The van der Waals surface area contributed by atoms with Crippen molar-refractivity contribution in [2.45, 2.75) is 45.4 Å². The first-order valence-corrected chi connectivity index (χ1v) is 11.0. The number of nitrogens with one attached hydrogen (secondary N) is 3. The van der Waals surface area contributed by atoms with Gasteiger partial charge in [0.05, 0.1) is 18.9 Å². The number of rotatable bonds is 9. The quantitative estimate of drug-likeness (QED) is 0.299. The van der Waals surface area contributed by atoms with E-state index in [1.54, 1.807) is 7.11 Å². The van der Waals surface area contributed by atoms with Crippen LogP contribution in [0.4, 0.5) is 17.1 Å². The summed E-state index contributed by atoms with van der Waals surface area (Å²) >= 11 is 0. The van der Waals surface area contributed by atoms with E-state index in [1.807, 2.05) is 24.3 Å². The number of methoxy groups -OCH3 is 1. The van der Waals surface area contributed by atoms with Gasteiger partial charge in [-0.25, -0.2) is 10.4 Å². The molecular formula is C23H32N4O5. The summed E-state index contributed by atoms with van der Waals surface area (Å²) in [4.78, 5) is 0. The van der Waals surface area contributed by atoms with Gasteiger partial charge in [0.15, 0.2) is 11.4 Å². The lowest BCUT2D eigenvalue weighted by molar-refractivity contribution is -0.996. The summed E-state index contributed by atoms with van der Waals surface area (Å²) in [5, 5.41) is 44.0. The second kappa shape index (κ2) is 11.4. The molecule has 0 aromatic heterocycles. The molecule has 3 atom stereocenters. The number of quaternary nitrogens is 2. The van der Waals surface area contributed by atoms with Crippen molar-refractivity contribution in [3.05, 3.63) is 58.4 Å². The Bertz CT molecular complexity index is 896. The first-order chi connectivity index (χ1) is 15.4. The molecule has 9 heteroatoms. The van der Waals surface area contributed by atoms with Gasteiger partial charge in [0.1, 0.15) is 11.4 Å². The van der Waals surface area contributed by atoms with Crippen LogP contribution in [0.15, 0.2) is 47.6 Å². The number of benzene rings is 2. The molecule has 0 saturated heterocycles. The molecule has 32 heavy (non-hydrogen) atoms. The maximum atomic E-state index is 11.7. The van der Waals surface area contributed by atoms with Crippen molar-refractivity contribution in [2.75, 3.05) is 12.5 Å². The summed E-state index contributed by atoms with van der Waals surface area (Å²) in [7, 11) is 1.62. The number of hydrogen-bond acceptors (Lipinski definition) is 7. The molecule has 1 saturated carbocycles. The van der Waals surface area contributed by atoms with Crippen molar-refractivity contribution in [2.24, 2.45) is 16.9 Å². The van der Waals surface area contributed by atoms with Gasteiger partial charge in [-0.2, -0.15) is 15.6 Å². The third-order valence-electron chi connectivity index (χ3n) is 6.19. The summed E-state index contributed by atoms with van der Waals surface area (Å²) in [5.74, 6) is 1.50. The predicted octanol–water partition coefficient (Wildman–Crippen LogP) is 2.92. The van der Waals surface area contributed by atoms with Gasteiger partial charge in [-0.3, -0.25) is 5.43 Å². The highest BCUT2D eigenvalue weighted by Gasteiger charge is 2.28. The van der Waals surface area contributed by atoms with Crippen molar-refractivity contribution >= 4 is 22.8 Å². The molecule has 5 N–H and O–H groups in total. The van der Waals surface area contributed by atoms with Crippen LogP contribution in [-0.4, -0.2) is 23.2 Å². The van der Waals surface area contributed by atoms with E-state index in [9.17, 15) is 20.8 Å². The highest BCUT2D eigenvalue weighted by atomic mass is 16.8. The standard InChI is InChI=1S/C23H32N4O5/c1-3-20(16-7-5-4-6-8-16)23(17-9-12-19(32-2)13-10-17)25-24-21-14-11-18(26(28)29)15-22(21)27(30)31/h9-16,20,24,26-28,30H,3-8H2,1-2H3/t20-/m1/s1. The van der Waals surface area contributed by atoms with Gasteiger partial charge >= 0.3 is 0 Å². The number of ether oxygens (including phenoxy) is 1. The Morgan fingerprint density at radius 2 is 1.78 bits per heavy atom. The van der Waals surface area contributed by atoms with E-state index in [2.05, 4.69) is 12.3 Å². The maximum absolute atomic E-state index is 11.7. The first kappa shape index (κ1) is 24.1. The average molecular weight is 445 g/mol. The normalized spacial score (nSPS) is 18.1. The maximum Gasteiger partial charge on any atom is 0.195 e. The highest BCUT2D eigenvalue weighted by molar-refractivity contribution is 6.03. The van der Waals surface area contributed by atoms with Crippen LogP contribution in [0.3, 0.4) is 0 Å². The van der Waals surface area contributed by atoms with Gasteiger partial charge in [-0.1, -0.05) is 26.2 Å². The van der Waals surface area contributed by atoms with E-state index >= 15 is 0 Å². The second-order valence-electron chi connectivity index (χ2n) is 8.12. The molecule has 1 aliphatic rings. The van der Waals surface area contributed by atoms with Gasteiger partial charge in [-0.15, -0.1) is 0 Å². The van der Waals surface area contributed by atoms with Crippen LogP contribution >= 0.6 is 0 Å². The Hall–Kier alpha value is -2.53. The lowest BCUT2D eigenvalue weighted by atomic mass is 9.75. The van der Waals surface area contributed by atoms with E-state index in [0.717, 1.165) is 42.4 Å². The fraction of sp³-hybridized carbons (Fsp3) is 0.435. The molecule has 1 aliphatic carbocycles. The van der Waals surface area contributed by atoms with Crippen LogP contribution < -0.4 is 20.6 Å². The van der Waals surface area contributed by atoms with E-state index < -0.39 is 10.5 Å². The predicted molar refractivity (Wildman–Crippen MR) is 122 cm³/mol. The van der Waals surface area contributed by atoms with Crippen LogP contribution in [-0.2, 0) is 0 Å². The van der Waals surface area contributed by atoms with Gasteiger partial charge < -0.3 is 15.2 Å². The van der Waals surface area contributed by atoms with Crippen LogP contribution in [0, 0.1) is 22.3 Å². The molecule has 3 rings (SSSR count). The summed E-state index contributed by atoms with van der Waals surface area (Å²) in [6, 6.07) is 11.7. The molecule has 2 aromatic rings. The van der Waals surface area contributed by atoms with Crippen LogP contribution in [0.1, 0.15) is 51.0 Å². The zero-order valence-electron chi connectivity index (χ0n) is 18.5. The zero-order valence-corrected chi connectivity index (χ0v) is 18.5. The molecule has 9 nitrogen and oxygen atoms in total. The summed E-state index contributed by atoms with van der Waals surface area (Å²) in [5.41, 5.74) is 4.80. The van der Waals surface area contributed by atoms with E-state index in [-0.39, 0.29) is 23.0 Å². The van der Waals surface area contributed by atoms with Crippen LogP contribution in [0.5, 0.6) is 5.75 Å². The zero-order chi connectivity index (χ0) is 23.1. The molecule has 2 aromatic carbocycles. The van der Waals surface area contributed by atoms with Crippen molar-refractivity contribution < 1.29 is 25.6 Å². The molecule has 0 radical (unpaired) electrons.